The Morgan fingerprint density at radius 1 is 1.31 bits per heavy atom. The summed E-state index contributed by atoms with van der Waals surface area (Å²) in [5, 5.41) is 8.95. The van der Waals surface area contributed by atoms with Crippen LogP contribution in [-0.4, -0.2) is 70.7 Å². The van der Waals surface area contributed by atoms with Crippen LogP contribution in [0.3, 0.4) is 0 Å². The number of ketones is 1. The van der Waals surface area contributed by atoms with E-state index in [2.05, 4.69) is 27.0 Å². The fraction of sp³-hybridized carbons (Fsp3) is 0.500. The zero-order valence-corrected chi connectivity index (χ0v) is 21.1. The van der Waals surface area contributed by atoms with Crippen molar-refractivity contribution in [1.82, 2.24) is 25.3 Å². The summed E-state index contributed by atoms with van der Waals surface area (Å²) < 4.78 is 10.5. The third-order valence-corrected chi connectivity index (χ3v) is 5.72. The van der Waals surface area contributed by atoms with Gasteiger partial charge in [0.15, 0.2) is 0 Å². The minimum atomic E-state index is -0.882. The van der Waals surface area contributed by atoms with Crippen LogP contribution in [-0.2, 0) is 14.3 Å². The van der Waals surface area contributed by atoms with Crippen molar-refractivity contribution in [2.45, 2.75) is 46.2 Å². The van der Waals surface area contributed by atoms with Gasteiger partial charge in [-0.15, -0.1) is 5.10 Å². The quantitative estimate of drug-likeness (QED) is 0.358. The van der Waals surface area contributed by atoms with E-state index in [0.29, 0.717) is 18.7 Å². The number of nitrogens with zero attached hydrogens (tertiary/aromatic N) is 3. The lowest BCUT2D eigenvalue weighted by molar-refractivity contribution is -0.141. The van der Waals surface area contributed by atoms with E-state index in [1.165, 1.54) is 24.2 Å². The Morgan fingerprint density at radius 2 is 2.00 bits per heavy atom. The topological polar surface area (TPSA) is 153 Å². The number of carbonyl (C=O) groups excluding carboxylic acids is 4. The maximum Gasteiger partial charge on any atom is 0.442 e. The molecule has 0 bridgehead atoms. The molecule has 1 saturated heterocycles. The summed E-state index contributed by atoms with van der Waals surface area (Å²) in [5.74, 6) is -3.43. The Morgan fingerprint density at radius 3 is 2.58 bits per heavy atom. The van der Waals surface area contributed by atoms with Gasteiger partial charge >= 0.3 is 11.8 Å². The number of rotatable bonds is 10. The van der Waals surface area contributed by atoms with Crippen molar-refractivity contribution in [3.05, 3.63) is 47.3 Å². The molecule has 2 N–H and O–H groups in total. The van der Waals surface area contributed by atoms with Gasteiger partial charge in [0.1, 0.15) is 12.1 Å². The number of hydrogen-bond donors (Lipinski definition) is 2. The van der Waals surface area contributed by atoms with E-state index >= 15 is 0 Å². The average molecular weight is 504 g/mol. The van der Waals surface area contributed by atoms with Crippen molar-refractivity contribution < 1.29 is 28.3 Å². The van der Waals surface area contributed by atoms with E-state index in [1.807, 2.05) is 6.92 Å². The Bertz CT molecular complexity index is 1110. The second kappa shape index (κ2) is 12.7. The number of nitrogens with one attached hydrogen (secondary N) is 2. The normalized spacial score (nSPS) is 18.8. The lowest BCUT2D eigenvalue weighted by Crippen LogP contribution is -2.56. The monoisotopic (exact) mass is 503 g/mol. The largest absolute Gasteiger partial charge is 0.453 e. The molecule has 1 aliphatic heterocycles. The third-order valence-electron chi connectivity index (χ3n) is 5.72. The number of carbonyl (C=O) groups is 4. The first-order valence-corrected chi connectivity index (χ1v) is 11.6. The molecule has 3 atom stereocenters. The van der Waals surface area contributed by atoms with Crippen LogP contribution in [0.4, 0.5) is 4.79 Å². The van der Waals surface area contributed by atoms with Gasteiger partial charge in [-0.25, -0.2) is 9.59 Å². The van der Waals surface area contributed by atoms with E-state index in [9.17, 15) is 24.0 Å². The van der Waals surface area contributed by atoms with Gasteiger partial charge in [0.05, 0.1) is 19.4 Å². The first-order valence-electron chi connectivity index (χ1n) is 11.6. The molecule has 0 spiro atoms. The molecule has 0 saturated carbocycles. The Labute approximate surface area is 209 Å². The van der Waals surface area contributed by atoms with E-state index in [4.69, 9.17) is 4.42 Å². The highest BCUT2D eigenvalue weighted by Gasteiger charge is 2.42. The molecule has 1 unspecified atom stereocenters. The highest BCUT2D eigenvalue weighted by Crippen LogP contribution is 2.26. The van der Waals surface area contributed by atoms with Crippen molar-refractivity contribution >= 4 is 29.4 Å². The number of amides is 3. The Hall–Kier alpha value is -3.96. The summed E-state index contributed by atoms with van der Waals surface area (Å²) in [6, 6.07) is -1.72. The van der Waals surface area contributed by atoms with Crippen LogP contribution in [0, 0.1) is 11.8 Å². The van der Waals surface area contributed by atoms with Crippen molar-refractivity contribution in [3.8, 4) is 0 Å². The van der Waals surface area contributed by atoms with Crippen LogP contribution in [0.15, 0.2) is 40.1 Å². The number of hydrogen-bond acceptors (Lipinski definition) is 8. The number of allylic oxidation sites excluding steroid dienone is 5. The molecule has 0 aromatic carbocycles. The summed E-state index contributed by atoms with van der Waals surface area (Å²) in [7, 11) is 1.20. The Balaban J connectivity index is 2.14. The highest BCUT2D eigenvalue weighted by atomic mass is 16.5. The van der Waals surface area contributed by atoms with E-state index in [-0.39, 0.29) is 11.8 Å². The molecule has 12 nitrogen and oxygen atoms in total. The van der Waals surface area contributed by atoms with Crippen molar-refractivity contribution in [2.24, 2.45) is 11.8 Å². The van der Waals surface area contributed by atoms with Gasteiger partial charge in [-0.3, -0.25) is 14.4 Å². The predicted octanol–water partition coefficient (Wildman–Crippen LogP) is 1.36. The summed E-state index contributed by atoms with van der Waals surface area (Å²) >= 11 is 0. The van der Waals surface area contributed by atoms with Gasteiger partial charge in [-0.2, -0.15) is 4.68 Å². The fourth-order valence-electron chi connectivity index (χ4n) is 3.86. The van der Waals surface area contributed by atoms with Crippen LogP contribution >= 0.6 is 0 Å². The zero-order valence-electron chi connectivity index (χ0n) is 21.1. The van der Waals surface area contributed by atoms with E-state index in [1.54, 1.807) is 32.9 Å². The molecule has 1 fully saturated rings. The molecular weight excluding hydrogens is 470 g/mol. The SMILES string of the molecule is C=C/C=C(\C=C/C)n1nc(C(=O)CNC(=O)[C@@H]2C(C)CCN2C(=O)[C@@H](NC(=O)OC)C(C)C)oc1=O. The molecule has 1 aromatic rings. The molecule has 12 heteroatoms. The van der Waals surface area contributed by atoms with Crippen LogP contribution < -0.4 is 16.4 Å². The van der Waals surface area contributed by atoms with Gasteiger partial charge in [0, 0.05) is 6.54 Å². The Kier molecular flexibility index (Phi) is 9.94. The molecule has 1 aromatic heterocycles. The molecule has 2 heterocycles. The number of alkyl carbamates (subject to hydrolysis) is 1. The van der Waals surface area contributed by atoms with Crippen molar-refractivity contribution in [2.75, 3.05) is 20.2 Å². The first-order chi connectivity index (χ1) is 17.0. The van der Waals surface area contributed by atoms with Crippen molar-refractivity contribution in [1.29, 1.82) is 0 Å². The van der Waals surface area contributed by atoms with Crippen LogP contribution in [0.2, 0.25) is 0 Å². The summed E-state index contributed by atoms with van der Waals surface area (Å²) in [6.45, 7) is 10.5. The minimum absolute atomic E-state index is 0.181. The number of Topliss-reactive ketones (excluding diaryl/α,β-unsaturated/α-hetero) is 1. The molecule has 0 radical (unpaired) electrons. The van der Waals surface area contributed by atoms with E-state index < -0.39 is 54.0 Å². The van der Waals surface area contributed by atoms with Crippen LogP contribution in [0.5, 0.6) is 0 Å². The van der Waals surface area contributed by atoms with Gasteiger partial charge in [0.2, 0.25) is 17.6 Å². The van der Waals surface area contributed by atoms with E-state index in [0.717, 1.165) is 4.68 Å². The first kappa shape index (κ1) is 28.3. The zero-order chi connectivity index (χ0) is 27.0. The highest BCUT2D eigenvalue weighted by molar-refractivity contribution is 5.97. The second-order valence-electron chi connectivity index (χ2n) is 8.65. The molecule has 36 heavy (non-hydrogen) atoms. The molecule has 0 aliphatic carbocycles. The standard InChI is InChI=1S/C24H33N5O7/c1-7-9-16(10-8-2)29-24(34)36-21(27-29)17(30)13-25-20(31)19-15(5)11-12-28(19)22(32)18(14(3)4)26-23(33)35-6/h7-10,14-15,18-19H,1,11-13H2,2-6H3,(H,25,31)(H,26,33)/b10-8-,16-9+/t15?,18-,19-/m0/s1. The van der Waals surface area contributed by atoms with Gasteiger partial charge in [0.25, 0.3) is 5.89 Å². The lowest BCUT2D eigenvalue weighted by Gasteiger charge is -2.31. The van der Waals surface area contributed by atoms with Gasteiger partial charge < -0.3 is 24.7 Å². The average Bonchev–Trinajstić information content (AvgIpc) is 3.42. The fourth-order valence-corrected chi connectivity index (χ4v) is 3.86. The molecular formula is C24H33N5O7. The van der Waals surface area contributed by atoms with Gasteiger partial charge in [-0.1, -0.05) is 39.5 Å². The molecule has 3 amide bonds. The minimum Gasteiger partial charge on any atom is -0.453 e. The molecule has 2 rings (SSSR count). The molecule has 196 valence electrons. The smallest absolute Gasteiger partial charge is 0.442 e. The van der Waals surface area contributed by atoms with Crippen LogP contribution in [0.1, 0.15) is 44.8 Å². The maximum absolute atomic E-state index is 13.2. The van der Waals surface area contributed by atoms with Crippen LogP contribution in [0.25, 0.3) is 5.70 Å². The molecule has 1 aliphatic rings. The maximum atomic E-state index is 13.2. The number of ether oxygens (including phenoxy) is 1. The number of likely N-dealkylation sites (tertiary alicyclic amines) is 1. The summed E-state index contributed by atoms with van der Waals surface area (Å²) in [6.07, 6.45) is 6.07. The summed E-state index contributed by atoms with van der Waals surface area (Å²) in [4.78, 5) is 64.1. The number of methoxy groups -OCH3 is 1. The predicted molar refractivity (Wildman–Crippen MR) is 131 cm³/mol. The van der Waals surface area contributed by atoms with Gasteiger partial charge in [-0.05, 0) is 37.3 Å². The third kappa shape index (κ3) is 6.58. The second-order valence-corrected chi connectivity index (χ2v) is 8.65. The number of aromatic nitrogens is 2. The van der Waals surface area contributed by atoms with Crippen molar-refractivity contribution in [3.63, 3.8) is 0 Å². The summed E-state index contributed by atoms with van der Waals surface area (Å²) in [5.41, 5.74) is 0.346. The lowest BCUT2D eigenvalue weighted by atomic mass is 9.99.